The van der Waals surface area contributed by atoms with Gasteiger partial charge in [0.2, 0.25) is 0 Å². The summed E-state index contributed by atoms with van der Waals surface area (Å²) < 4.78 is 0. The maximum atomic E-state index is 5.35. The van der Waals surface area contributed by atoms with Crippen LogP contribution >= 0.6 is 0 Å². The topological polar surface area (TPSA) is 24.7 Å². The van der Waals surface area contributed by atoms with Crippen LogP contribution in [0.5, 0.6) is 0 Å². The summed E-state index contributed by atoms with van der Waals surface area (Å²) in [5, 5.41) is 0. The molecule has 0 bridgehead atoms. The molecule has 0 fully saturated rings. The molecule has 2 aromatic carbocycles. The molecular formula is C47H78N2Ni. The summed E-state index contributed by atoms with van der Waals surface area (Å²) in [5.74, 6) is 0. The van der Waals surface area contributed by atoms with E-state index in [9.17, 15) is 0 Å². The maximum absolute atomic E-state index is 5.35. The number of hydrogen-bond acceptors (Lipinski definition) is 2. The van der Waals surface area contributed by atoms with Crippen LogP contribution in [0.3, 0.4) is 0 Å². The molecule has 2 rings (SSSR count). The Kier molecular flexibility index (Phi) is 30.7. The third-order valence-corrected chi connectivity index (χ3v) is 10.1. The van der Waals surface area contributed by atoms with Crippen molar-refractivity contribution < 1.29 is 16.5 Å². The molecule has 3 heteroatoms. The van der Waals surface area contributed by atoms with E-state index < -0.39 is 0 Å². The first-order chi connectivity index (χ1) is 24.2. The number of unbranched alkanes of at least 4 members (excludes halogenated alkanes) is 21. The minimum absolute atomic E-state index is 0. The van der Waals surface area contributed by atoms with Gasteiger partial charge in [-0.25, -0.2) is 0 Å². The van der Waals surface area contributed by atoms with E-state index in [1.807, 2.05) is 0 Å². The fraction of sp³-hybridized carbons (Fsp3) is 0.702. The average molecular weight is 730 g/mol. The second-order valence-electron chi connectivity index (χ2n) is 14.9. The average Bonchev–Trinajstić information content (AvgIpc) is 3.11. The Morgan fingerprint density at radius 2 is 0.700 bits per heavy atom. The molecule has 0 spiro atoms. The number of hydrogen-bond donors (Lipinski definition) is 0. The third kappa shape index (κ3) is 23.7. The minimum atomic E-state index is 0. The number of nitrogens with zero attached hydrogens (tertiary/aromatic N) is 2. The van der Waals surface area contributed by atoms with Gasteiger partial charge in [0.25, 0.3) is 0 Å². The molecule has 0 amide bonds. The van der Waals surface area contributed by atoms with Crippen LogP contribution < -0.4 is 0 Å². The van der Waals surface area contributed by atoms with Crippen LogP contribution in [0.1, 0.15) is 212 Å². The van der Waals surface area contributed by atoms with Gasteiger partial charge in [-0.15, -0.1) is 0 Å². The summed E-state index contributed by atoms with van der Waals surface area (Å²) in [5.41, 5.74) is 7.48. The summed E-state index contributed by atoms with van der Waals surface area (Å²) in [6.07, 6.45) is 38.0. The second-order valence-corrected chi connectivity index (χ2v) is 14.9. The smallest absolute Gasteiger partial charge is 0.0636 e. The number of rotatable bonds is 32. The zero-order chi connectivity index (χ0) is 35.0. The van der Waals surface area contributed by atoms with E-state index in [1.165, 1.54) is 177 Å². The van der Waals surface area contributed by atoms with E-state index in [-0.39, 0.29) is 16.5 Å². The Bertz CT molecular complexity index is 1120. The van der Waals surface area contributed by atoms with Crippen LogP contribution in [0.25, 0.3) is 0 Å². The molecule has 0 saturated carbocycles. The molecular weight excluding hydrogens is 651 g/mol. The SMILES string of the molecule is CCCCCCCCCCCCc1cccc(/N=C(CCCC)/C(CCCCC)=N/c2cccc(CCCCCCCCCCCC)c2)c1.[Ni]. The van der Waals surface area contributed by atoms with Gasteiger partial charge >= 0.3 is 0 Å². The van der Waals surface area contributed by atoms with Crippen molar-refractivity contribution >= 4 is 22.8 Å². The van der Waals surface area contributed by atoms with Crippen molar-refractivity contribution in [2.45, 2.75) is 214 Å². The summed E-state index contributed by atoms with van der Waals surface area (Å²) >= 11 is 0. The van der Waals surface area contributed by atoms with Crippen molar-refractivity contribution in [2.75, 3.05) is 0 Å². The van der Waals surface area contributed by atoms with Crippen molar-refractivity contribution in [3.05, 3.63) is 59.7 Å². The molecule has 0 aliphatic rings. The number of benzene rings is 2. The van der Waals surface area contributed by atoms with Crippen LogP contribution in [0.15, 0.2) is 58.5 Å². The summed E-state index contributed by atoms with van der Waals surface area (Å²) in [4.78, 5) is 10.7. The van der Waals surface area contributed by atoms with Gasteiger partial charge in [0.05, 0.1) is 22.8 Å². The molecule has 0 saturated heterocycles. The third-order valence-electron chi connectivity index (χ3n) is 10.1. The fourth-order valence-electron chi connectivity index (χ4n) is 6.92. The van der Waals surface area contributed by atoms with E-state index in [0.29, 0.717) is 0 Å². The molecule has 0 aliphatic carbocycles. The van der Waals surface area contributed by atoms with Gasteiger partial charge in [0.1, 0.15) is 0 Å². The van der Waals surface area contributed by atoms with Crippen LogP contribution in [0.2, 0.25) is 0 Å². The molecule has 2 nitrogen and oxygen atoms in total. The molecule has 2 aromatic rings. The molecule has 286 valence electrons. The molecule has 0 N–H and O–H groups in total. The minimum Gasteiger partial charge on any atom is -0.252 e. The first kappa shape index (κ1) is 46.3. The maximum Gasteiger partial charge on any atom is 0.0636 e. The molecule has 50 heavy (non-hydrogen) atoms. The van der Waals surface area contributed by atoms with E-state index in [4.69, 9.17) is 9.98 Å². The first-order valence-corrected chi connectivity index (χ1v) is 21.5. The Hall–Kier alpha value is -1.73. The fourth-order valence-corrected chi connectivity index (χ4v) is 6.92. The zero-order valence-corrected chi connectivity index (χ0v) is 34.3. The van der Waals surface area contributed by atoms with Crippen LogP contribution in [-0.4, -0.2) is 11.4 Å². The molecule has 0 aliphatic heterocycles. The predicted molar refractivity (Wildman–Crippen MR) is 222 cm³/mol. The van der Waals surface area contributed by atoms with Gasteiger partial charge in [-0.3, -0.25) is 9.98 Å². The van der Waals surface area contributed by atoms with Crippen molar-refractivity contribution in [1.82, 2.24) is 0 Å². The summed E-state index contributed by atoms with van der Waals surface area (Å²) in [6, 6.07) is 18.1. The Morgan fingerprint density at radius 1 is 0.380 bits per heavy atom. The van der Waals surface area contributed by atoms with Crippen molar-refractivity contribution in [3.8, 4) is 0 Å². The van der Waals surface area contributed by atoms with E-state index >= 15 is 0 Å². The Balaban J connectivity index is 0.0000125. The summed E-state index contributed by atoms with van der Waals surface area (Å²) in [6.45, 7) is 9.18. The van der Waals surface area contributed by atoms with E-state index in [2.05, 4.69) is 76.2 Å². The quantitative estimate of drug-likeness (QED) is 0.0407. The van der Waals surface area contributed by atoms with Gasteiger partial charge in [0.15, 0.2) is 0 Å². The van der Waals surface area contributed by atoms with Gasteiger partial charge in [0, 0.05) is 16.5 Å². The van der Waals surface area contributed by atoms with E-state index in [1.54, 1.807) is 0 Å². The molecule has 0 aromatic heterocycles. The normalized spacial score (nSPS) is 12.0. The van der Waals surface area contributed by atoms with Gasteiger partial charge in [-0.2, -0.15) is 0 Å². The number of aryl methyl sites for hydroxylation is 2. The Morgan fingerprint density at radius 3 is 1.08 bits per heavy atom. The van der Waals surface area contributed by atoms with Crippen LogP contribution in [0.4, 0.5) is 11.4 Å². The van der Waals surface area contributed by atoms with Crippen molar-refractivity contribution in [3.63, 3.8) is 0 Å². The van der Waals surface area contributed by atoms with E-state index in [0.717, 1.165) is 43.5 Å². The molecule has 0 atom stereocenters. The number of aliphatic imine (C=N–C) groups is 2. The van der Waals surface area contributed by atoms with Crippen molar-refractivity contribution in [2.24, 2.45) is 9.98 Å². The Labute approximate surface area is 321 Å². The monoisotopic (exact) mass is 729 g/mol. The molecule has 0 heterocycles. The summed E-state index contributed by atoms with van der Waals surface area (Å²) in [7, 11) is 0. The molecule has 0 radical (unpaired) electrons. The van der Waals surface area contributed by atoms with Gasteiger partial charge < -0.3 is 0 Å². The van der Waals surface area contributed by atoms with Gasteiger partial charge in [-0.1, -0.05) is 187 Å². The van der Waals surface area contributed by atoms with Crippen LogP contribution in [-0.2, 0) is 29.3 Å². The second kappa shape index (κ2) is 33.1. The van der Waals surface area contributed by atoms with Gasteiger partial charge in [-0.05, 0) is 86.8 Å². The van der Waals surface area contributed by atoms with Crippen molar-refractivity contribution in [1.29, 1.82) is 0 Å². The molecule has 0 unspecified atom stereocenters. The largest absolute Gasteiger partial charge is 0.252 e. The first-order valence-electron chi connectivity index (χ1n) is 21.5. The predicted octanol–water partition coefficient (Wildman–Crippen LogP) is 16.2. The standard InChI is InChI=1S/C47H78N2.Ni/c1-5-9-13-15-17-19-21-23-25-28-32-42-34-30-36-44(40-42)48-46(38-12-8-4)47(39-27-11-7-3)49-45-37-31-35-43(41-45)33-29-26-24-22-20-18-16-14-10-6-2;/h30-31,34-37,40-41H,5-29,32-33,38-39H2,1-4H3;/b48-46+,49-47+;. The zero-order valence-electron chi connectivity index (χ0n) is 33.3. The van der Waals surface area contributed by atoms with Crippen LogP contribution in [0, 0.1) is 0 Å².